The fraction of sp³-hybridized carbons (Fsp3) is 0.857. The zero-order chi connectivity index (χ0) is 61.6. The van der Waals surface area contributed by atoms with Crippen LogP contribution >= 0.6 is 0 Å². The highest BCUT2D eigenvalue weighted by atomic mass is 32.3. The van der Waals surface area contributed by atoms with Crippen molar-refractivity contribution in [2.45, 2.75) is 222 Å². The van der Waals surface area contributed by atoms with Crippen molar-refractivity contribution in [3.8, 4) is 0 Å². The van der Waals surface area contributed by atoms with E-state index in [2.05, 4.69) is 17.2 Å². The molecule has 0 amide bonds. The van der Waals surface area contributed by atoms with Gasteiger partial charge in [0, 0.05) is 25.4 Å². The molecule has 11 N–H and O–H groups in total. The molecule has 84 heavy (non-hydrogen) atoms. The largest absolute Gasteiger partial charge is 0.459 e. The van der Waals surface area contributed by atoms with Crippen LogP contribution in [0.5, 0.6) is 0 Å². The number of rotatable bonds is 17. The van der Waals surface area contributed by atoms with Gasteiger partial charge < -0.3 is 103 Å². The highest BCUT2D eigenvalue weighted by molar-refractivity contribution is 7.80. The lowest BCUT2D eigenvalue weighted by Gasteiger charge is -2.64. The van der Waals surface area contributed by atoms with Gasteiger partial charge in [-0.3, -0.25) is 14.1 Å². The summed E-state index contributed by atoms with van der Waals surface area (Å²) in [6, 6.07) is 0. The summed E-state index contributed by atoms with van der Waals surface area (Å²) in [4.78, 5) is 27.5. The van der Waals surface area contributed by atoms with Crippen molar-refractivity contribution >= 4 is 22.3 Å². The summed E-state index contributed by atoms with van der Waals surface area (Å²) in [7, 11) is -3.82. The van der Waals surface area contributed by atoms with E-state index in [1.54, 1.807) is 19.1 Å². The summed E-state index contributed by atoms with van der Waals surface area (Å²) in [5.74, 6) is -2.57. The third-order valence-electron chi connectivity index (χ3n) is 20.4. The Balaban J connectivity index is 0.932. The van der Waals surface area contributed by atoms with Crippen LogP contribution in [-0.2, 0) is 76.3 Å². The molecule has 8 fully saturated rings. The predicted molar refractivity (Wildman–Crippen MR) is 283 cm³/mol. The normalized spacial score (nSPS) is 49.2. The molecule has 9 rings (SSSR count). The number of esters is 2. The van der Waals surface area contributed by atoms with E-state index >= 15 is 0 Å². The van der Waals surface area contributed by atoms with Crippen LogP contribution in [0, 0.1) is 39.4 Å². The molecule has 3 saturated carbocycles. The molecule has 0 aromatic carbocycles. The molecule has 0 aromatic rings. The predicted octanol–water partition coefficient (Wildman–Crippen LogP) is -1.27. The molecule has 4 aliphatic carbocycles. The molecule has 9 aliphatic rings. The first kappa shape index (κ1) is 65.7. The summed E-state index contributed by atoms with van der Waals surface area (Å²) >= 11 is 0. The highest BCUT2D eigenvalue weighted by Gasteiger charge is 2.87. The van der Waals surface area contributed by atoms with Gasteiger partial charge >= 0.3 is 22.3 Å². The van der Waals surface area contributed by atoms with Crippen LogP contribution in [0.15, 0.2) is 35.5 Å². The van der Waals surface area contributed by atoms with E-state index in [1.165, 1.54) is 14.0 Å². The van der Waals surface area contributed by atoms with Gasteiger partial charge in [0.05, 0.1) is 45.2 Å². The lowest BCUT2D eigenvalue weighted by molar-refractivity contribution is -0.384. The number of carbonyl (C=O) groups is 2. The first-order valence-corrected chi connectivity index (χ1v) is 30.1. The fourth-order valence-electron chi connectivity index (χ4n) is 16.1. The Morgan fingerprint density at radius 2 is 1.37 bits per heavy atom. The molecule has 28 heteroatoms. The second kappa shape index (κ2) is 24.2. The molecule has 1 spiro atoms. The Morgan fingerprint density at radius 1 is 0.738 bits per heavy atom. The summed E-state index contributed by atoms with van der Waals surface area (Å²) in [5, 5.41) is 113. The minimum absolute atomic E-state index is 0.100. The van der Waals surface area contributed by atoms with Crippen molar-refractivity contribution in [3.05, 3.63) is 35.5 Å². The van der Waals surface area contributed by atoms with Crippen LogP contribution in [0.25, 0.3) is 0 Å². The third-order valence-corrected chi connectivity index (χ3v) is 20.8. The molecule has 0 radical (unpaired) electrons. The molecular formula is C56H86O27S. The van der Waals surface area contributed by atoms with E-state index in [4.69, 9.17) is 52.1 Å². The first-order chi connectivity index (χ1) is 39.3. The maximum absolute atomic E-state index is 14.7. The Kier molecular flexibility index (Phi) is 19.0. The second-order valence-electron chi connectivity index (χ2n) is 25.8. The van der Waals surface area contributed by atoms with Gasteiger partial charge in [-0.1, -0.05) is 57.1 Å². The van der Waals surface area contributed by atoms with Gasteiger partial charge in [0.1, 0.15) is 84.8 Å². The topological polar surface area (TPSA) is 402 Å². The molecule has 0 aromatic heterocycles. The summed E-state index contributed by atoms with van der Waals surface area (Å²) in [6.07, 6.45) is -20.4. The summed E-state index contributed by atoms with van der Waals surface area (Å²) < 4.78 is 103. The molecule has 5 heterocycles. The van der Waals surface area contributed by atoms with Gasteiger partial charge in [-0.2, -0.15) is 8.42 Å². The zero-order valence-electron chi connectivity index (χ0n) is 48.6. The lowest BCUT2D eigenvalue weighted by Crippen LogP contribution is -2.66. The number of ether oxygens (including phenoxy) is 11. The highest BCUT2D eigenvalue weighted by Crippen LogP contribution is 2.77. The van der Waals surface area contributed by atoms with Crippen molar-refractivity contribution in [3.63, 3.8) is 0 Å². The monoisotopic (exact) mass is 1220 g/mol. The first-order valence-electron chi connectivity index (χ1n) is 28.7. The number of methoxy groups -OCH3 is 1. The summed E-state index contributed by atoms with van der Waals surface area (Å²) in [5.41, 5.74) is -5.10. The zero-order valence-corrected chi connectivity index (χ0v) is 49.5. The van der Waals surface area contributed by atoms with E-state index in [0.29, 0.717) is 25.7 Å². The van der Waals surface area contributed by atoms with Gasteiger partial charge in [0.25, 0.3) is 0 Å². The third kappa shape index (κ3) is 11.0. The Morgan fingerprint density at radius 3 is 2.01 bits per heavy atom. The maximum Gasteiger partial charge on any atom is 0.397 e. The fourth-order valence-corrected chi connectivity index (χ4v) is 16.4. The van der Waals surface area contributed by atoms with Crippen molar-refractivity contribution in [1.29, 1.82) is 0 Å². The minimum atomic E-state index is -5.01. The molecule has 27 atom stereocenters. The molecule has 27 nitrogen and oxygen atoms in total. The number of carbonyl (C=O) groups excluding carboxylic acids is 2. The Labute approximate surface area is 487 Å². The number of aliphatic hydroxyl groups is 10. The van der Waals surface area contributed by atoms with Crippen LogP contribution in [0.4, 0.5) is 0 Å². The number of allylic oxidation sites excluding steroid dienone is 5. The quantitative estimate of drug-likeness (QED) is 0.0350. The second-order valence-corrected chi connectivity index (χ2v) is 26.9. The molecule has 5 saturated heterocycles. The lowest BCUT2D eigenvalue weighted by atomic mass is 9.40. The summed E-state index contributed by atoms with van der Waals surface area (Å²) in [6.45, 7) is 11.7. The van der Waals surface area contributed by atoms with Gasteiger partial charge in [0.15, 0.2) is 36.4 Å². The smallest absolute Gasteiger partial charge is 0.397 e. The SMILES string of the molecule is CO[C@@H]1[C@@H](O)[C@H](O[C@@H]2[C@@H](O)[C@H](O[C@H]3[C@H](O)[C@@H](O)[C@H](O[C@H]4[C@H](O[C@H]5CC[C@]6(C)[C@@H]7CC[C@]89C(=O)O[C@@](C)(/C=C/C=C(C)C)[C@@]8(O)[C@@H](OC(C)=O)C[C@@]9(C)C7=CC[C@H]6C5(C)C)OC[C@@H](COS(=O)(=O)O)[C@@H]4O)O[C@@H]3CO)OC[C@H]2O)O[C@H](CO)[C@H]1O. The van der Waals surface area contributed by atoms with E-state index < -0.39 is 204 Å². The standard InChI is InChI=1S/C56H86O27S/c1-25(2)11-10-16-54(8)56(68)35(76-26(3)59)19-53(7)29-12-13-33-51(4,5)34(15-17-52(33,6)28(29)14-18-55(53,56)50(67)83-54)79-49-45(36(61)27(22-73-49)23-75-84(69,70)71)82-47-39(64)38(63)43(32(21-58)78-47)81-46-40(65)42(30(60)24-74-46)80-48-41(66)44(72-9)37(62)31(20-57)77-48/h10-12,16,27-28,30-49,57-58,60-66,68H,13-15,17-24H2,1-9H3,(H,69,70,71)/b16-10+/t27-,28+,30+,31+,32+,33-,34-,35-,36-,37+,38+,39+,40+,41+,42-,43+,44-,45+,46-,47-,48-,49-,52+,53-,54-,55+,56-/m0/s1. The number of cyclic esters (lactones) is 1. The molecule has 0 bridgehead atoms. The average molecular weight is 1220 g/mol. The molecular weight excluding hydrogens is 1140 g/mol. The van der Waals surface area contributed by atoms with Crippen molar-refractivity contribution in [2.24, 2.45) is 39.4 Å². The molecule has 0 unspecified atom stereocenters. The van der Waals surface area contributed by atoms with Crippen LogP contribution in [0.2, 0.25) is 0 Å². The van der Waals surface area contributed by atoms with Crippen LogP contribution < -0.4 is 0 Å². The minimum Gasteiger partial charge on any atom is -0.459 e. The van der Waals surface area contributed by atoms with Gasteiger partial charge in [-0.25, -0.2) is 4.18 Å². The molecule has 5 aliphatic heterocycles. The number of hydrogen-bond acceptors (Lipinski definition) is 26. The van der Waals surface area contributed by atoms with Gasteiger partial charge in [-0.15, -0.1) is 0 Å². The Bertz CT molecular complexity index is 2600. The van der Waals surface area contributed by atoms with Gasteiger partial charge in [-0.05, 0) is 88.0 Å². The van der Waals surface area contributed by atoms with E-state index in [-0.39, 0.29) is 31.3 Å². The van der Waals surface area contributed by atoms with Crippen molar-refractivity contribution in [2.75, 3.05) is 40.1 Å². The molecule has 478 valence electrons. The maximum atomic E-state index is 14.7. The Hall–Kier alpha value is -2.73. The number of fused-ring (bicyclic) bond motifs is 4. The van der Waals surface area contributed by atoms with E-state index in [0.717, 1.165) is 11.1 Å². The van der Waals surface area contributed by atoms with Crippen LogP contribution in [0.1, 0.15) is 93.9 Å². The van der Waals surface area contributed by atoms with Crippen molar-refractivity contribution < 1.29 is 130 Å². The van der Waals surface area contributed by atoms with Gasteiger partial charge in [0.2, 0.25) is 0 Å². The van der Waals surface area contributed by atoms with E-state index in [9.17, 15) is 73.6 Å². The average Bonchev–Trinajstić information content (AvgIpc) is 1.62. The van der Waals surface area contributed by atoms with E-state index in [1.807, 2.05) is 40.7 Å². The van der Waals surface area contributed by atoms with Crippen LogP contribution in [0.3, 0.4) is 0 Å². The van der Waals surface area contributed by atoms with Crippen LogP contribution in [-0.4, -0.2) is 244 Å². The number of aliphatic hydroxyl groups excluding tert-OH is 9. The number of hydrogen-bond donors (Lipinski definition) is 11. The van der Waals surface area contributed by atoms with Crippen molar-refractivity contribution in [1.82, 2.24) is 0 Å².